The van der Waals surface area contributed by atoms with Crippen LogP contribution in [0.2, 0.25) is 0 Å². The van der Waals surface area contributed by atoms with Gasteiger partial charge in [-0.1, -0.05) is 6.07 Å². The number of rotatable bonds is 5. The summed E-state index contributed by atoms with van der Waals surface area (Å²) >= 11 is 5.13. The highest BCUT2D eigenvalue weighted by Crippen LogP contribution is 2.22. The van der Waals surface area contributed by atoms with E-state index in [0.717, 1.165) is 21.5 Å². The average molecular weight is 343 g/mol. The Bertz CT molecular complexity index is 556. The Kier molecular flexibility index (Phi) is 5.10. The van der Waals surface area contributed by atoms with Crippen molar-refractivity contribution in [3.05, 3.63) is 55.9 Å². The van der Waals surface area contributed by atoms with E-state index < -0.39 is 0 Å². The van der Waals surface area contributed by atoms with Gasteiger partial charge in [0.05, 0.1) is 3.79 Å². The zero-order chi connectivity index (χ0) is 13.8. The van der Waals surface area contributed by atoms with Crippen molar-refractivity contribution in [2.75, 3.05) is 7.05 Å². The average Bonchev–Trinajstić information content (AvgIpc) is 2.75. The van der Waals surface area contributed by atoms with Crippen molar-refractivity contribution in [1.82, 2.24) is 4.90 Å². The molecule has 0 aliphatic heterocycles. The van der Waals surface area contributed by atoms with E-state index in [0.29, 0.717) is 13.1 Å². The Morgan fingerprint density at radius 3 is 2.68 bits per heavy atom. The summed E-state index contributed by atoms with van der Waals surface area (Å²) in [6.07, 6.45) is 0. The lowest BCUT2D eigenvalue weighted by molar-refractivity contribution is 0.318. The molecule has 2 aromatic rings. The SMILES string of the molecule is CN(Cc1csc(Br)c1)Cc1cc(F)ccc1CN. The van der Waals surface area contributed by atoms with Crippen LogP contribution in [-0.2, 0) is 19.6 Å². The summed E-state index contributed by atoms with van der Waals surface area (Å²) < 4.78 is 14.4. The molecule has 2 N–H and O–H groups in total. The lowest BCUT2D eigenvalue weighted by Crippen LogP contribution is -2.18. The van der Waals surface area contributed by atoms with Gasteiger partial charge in [0.1, 0.15) is 5.82 Å². The van der Waals surface area contributed by atoms with Gasteiger partial charge >= 0.3 is 0 Å². The molecule has 0 unspecified atom stereocenters. The summed E-state index contributed by atoms with van der Waals surface area (Å²) in [4.78, 5) is 2.16. The first kappa shape index (κ1) is 14.7. The van der Waals surface area contributed by atoms with Gasteiger partial charge in [-0.2, -0.15) is 0 Å². The number of thiophene rings is 1. The molecule has 5 heteroatoms. The molecule has 0 aliphatic carbocycles. The van der Waals surface area contributed by atoms with Gasteiger partial charge in [-0.3, -0.25) is 4.90 Å². The van der Waals surface area contributed by atoms with Crippen LogP contribution in [0.3, 0.4) is 0 Å². The molecule has 102 valence electrons. The van der Waals surface area contributed by atoms with E-state index in [4.69, 9.17) is 5.73 Å². The normalized spacial score (nSPS) is 11.2. The first-order valence-electron chi connectivity index (χ1n) is 5.97. The van der Waals surface area contributed by atoms with Gasteiger partial charge in [-0.15, -0.1) is 11.3 Å². The summed E-state index contributed by atoms with van der Waals surface area (Å²) in [6.45, 7) is 1.97. The van der Waals surface area contributed by atoms with Crippen LogP contribution in [0, 0.1) is 5.82 Å². The summed E-state index contributed by atoms with van der Waals surface area (Å²) in [7, 11) is 2.02. The molecular formula is C14H16BrFN2S. The molecule has 1 aromatic carbocycles. The van der Waals surface area contributed by atoms with Gasteiger partial charge in [0.25, 0.3) is 0 Å². The zero-order valence-electron chi connectivity index (χ0n) is 10.7. The largest absolute Gasteiger partial charge is 0.326 e. The second-order valence-electron chi connectivity index (χ2n) is 4.55. The third-order valence-electron chi connectivity index (χ3n) is 2.90. The van der Waals surface area contributed by atoms with Gasteiger partial charge in [-0.25, -0.2) is 4.39 Å². The van der Waals surface area contributed by atoms with Crippen LogP contribution in [0.4, 0.5) is 4.39 Å². The summed E-state index contributed by atoms with van der Waals surface area (Å²) in [5, 5.41) is 2.12. The van der Waals surface area contributed by atoms with Crippen LogP contribution >= 0.6 is 27.3 Å². The van der Waals surface area contributed by atoms with Crippen LogP contribution in [0.5, 0.6) is 0 Å². The van der Waals surface area contributed by atoms with E-state index in [1.807, 2.05) is 7.05 Å². The van der Waals surface area contributed by atoms with Crippen LogP contribution in [0.25, 0.3) is 0 Å². The second kappa shape index (κ2) is 6.61. The zero-order valence-corrected chi connectivity index (χ0v) is 13.1. The van der Waals surface area contributed by atoms with Gasteiger partial charge < -0.3 is 5.73 Å². The third kappa shape index (κ3) is 4.11. The molecule has 1 aromatic heterocycles. The van der Waals surface area contributed by atoms with Crippen LogP contribution in [0.15, 0.2) is 33.4 Å². The first-order chi connectivity index (χ1) is 9.08. The molecule has 19 heavy (non-hydrogen) atoms. The van der Waals surface area contributed by atoms with Gasteiger partial charge in [0.15, 0.2) is 0 Å². The number of nitrogens with zero attached hydrogens (tertiary/aromatic N) is 1. The van der Waals surface area contributed by atoms with E-state index in [-0.39, 0.29) is 5.82 Å². The highest BCUT2D eigenvalue weighted by molar-refractivity contribution is 9.11. The maximum absolute atomic E-state index is 13.3. The number of benzene rings is 1. The summed E-state index contributed by atoms with van der Waals surface area (Å²) in [5.41, 5.74) is 8.90. The van der Waals surface area contributed by atoms with Crippen LogP contribution < -0.4 is 5.73 Å². The lowest BCUT2D eigenvalue weighted by Gasteiger charge is -2.18. The van der Waals surface area contributed by atoms with Crippen molar-refractivity contribution in [2.24, 2.45) is 5.73 Å². The molecule has 0 aliphatic rings. The quantitative estimate of drug-likeness (QED) is 0.896. The molecular weight excluding hydrogens is 327 g/mol. The topological polar surface area (TPSA) is 29.3 Å². The fourth-order valence-electron chi connectivity index (χ4n) is 2.03. The number of hydrogen-bond acceptors (Lipinski definition) is 3. The van der Waals surface area contributed by atoms with Gasteiger partial charge in [0.2, 0.25) is 0 Å². The van der Waals surface area contributed by atoms with E-state index in [1.54, 1.807) is 23.5 Å². The third-order valence-corrected chi connectivity index (χ3v) is 4.46. The monoisotopic (exact) mass is 342 g/mol. The Balaban J connectivity index is 2.05. The molecule has 0 spiro atoms. The standard InChI is InChI=1S/C14H16BrFN2S/c1-18(7-10-4-14(15)19-9-10)8-12-5-13(16)3-2-11(12)6-17/h2-5,9H,6-8,17H2,1H3. The minimum absolute atomic E-state index is 0.209. The molecule has 0 atom stereocenters. The summed E-state index contributed by atoms with van der Waals surface area (Å²) in [5.74, 6) is -0.209. The minimum atomic E-state index is -0.209. The highest BCUT2D eigenvalue weighted by atomic mass is 79.9. The number of halogens is 2. The fourth-order valence-corrected chi connectivity index (χ4v) is 3.23. The van der Waals surface area contributed by atoms with Crippen molar-refractivity contribution in [2.45, 2.75) is 19.6 Å². The highest BCUT2D eigenvalue weighted by Gasteiger charge is 2.08. The van der Waals surface area contributed by atoms with Crippen LogP contribution in [-0.4, -0.2) is 11.9 Å². The predicted molar refractivity (Wildman–Crippen MR) is 81.5 cm³/mol. The van der Waals surface area contributed by atoms with E-state index in [2.05, 4.69) is 32.3 Å². The maximum atomic E-state index is 13.3. The second-order valence-corrected chi connectivity index (χ2v) is 6.84. The maximum Gasteiger partial charge on any atom is 0.123 e. The van der Waals surface area contributed by atoms with Gasteiger partial charge in [0, 0.05) is 19.6 Å². The molecule has 0 saturated heterocycles. The van der Waals surface area contributed by atoms with Crippen LogP contribution in [0.1, 0.15) is 16.7 Å². The Labute approximate surface area is 125 Å². The van der Waals surface area contributed by atoms with E-state index in [9.17, 15) is 4.39 Å². The van der Waals surface area contributed by atoms with E-state index >= 15 is 0 Å². The van der Waals surface area contributed by atoms with Crippen molar-refractivity contribution in [3.63, 3.8) is 0 Å². The number of nitrogens with two attached hydrogens (primary N) is 1. The Morgan fingerprint density at radius 1 is 1.26 bits per heavy atom. The van der Waals surface area contributed by atoms with Crippen molar-refractivity contribution in [1.29, 1.82) is 0 Å². The number of hydrogen-bond donors (Lipinski definition) is 1. The van der Waals surface area contributed by atoms with Crippen molar-refractivity contribution >= 4 is 27.3 Å². The smallest absolute Gasteiger partial charge is 0.123 e. The minimum Gasteiger partial charge on any atom is -0.326 e. The fraction of sp³-hybridized carbons (Fsp3) is 0.286. The summed E-state index contributed by atoms with van der Waals surface area (Å²) in [6, 6.07) is 6.90. The molecule has 2 nitrogen and oxygen atoms in total. The molecule has 1 heterocycles. The molecule has 0 saturated carbocycles. The van der Waals surface area contributed by atoms with E-state index in [1.165, 1.54) is 11.6 Å². The van der Waals surface area contributed by atoms with Crippen molar-refractivity contribution < 1.29 is 4.39 Å². The Hall–Kier alpha value is -0.750. The molecule has 0 radical (unpaired) electrons. The first-order valence-corrected chi connectivity index (χ1v) is 7.64. The molecule has 0 fully saturated rings. The molecule has 0 bridgehead atoms. The molecule has 2 rings (SSSR count). The van der Waals surface area contributed by atoms with Crippen molar-refractivity contribution in [3.8, 4) is 0 Å². The van der Waals surface area contributed by atoms with Gasteiger partial charge in [-0.05, 0) is 63.2 Å². The lowest BCUT2D eigenvalue weighted by atomic mass is 10.1. The molecule has 0 amide bonds. The Morgan fingerprint density at radius 2 is 2.05 bits per heavy atom. The predicted octanol–water partition coefficient (Wildman–Crippen LogP) is 3.74.